The van der Waals surface area contributed by atoms with E-state index in [2.05, 4.69) is 26.6 Å². The molecule has 2 bridgehead atoms. The lowest BCUT2D eigenvalue weighted by atomic mass is 9.70. The van der Waals surface area contributed by atoms with Crippen LogP contribution in [0.3, 0.4) is 0 Å². The zero-order chi connectivity index (χ0) is 27.9. The number of fused-ring (bicyclic) bond motifs is 1. The van der Waals surface area contributed by atoms with Crippen molar-refractivity contribution in [2.75, 3.05) is 30.4 Å². The van der Waals surface area contributed by atoms with Gasteiger partial charge in [-0.05, 0) is 69.0 Å². The van der Waals surface area contributed by atoms with E-state index >= 15 is 0 Å². The normalized spacial score (nSPS) is 28.9. The molecule has 3 amide bonds. The SMILES string of the molecule is CCOc1ccc(NC(=O)[C@H]2[C@@H]3OC4(CC3Br)C(C(=O)Nc3c(C)cccc3C)N(CCCO)C(=O)[C@H]24)cc1. The van der Waals surface area contributed by atoms with Crippen LogP contribution in [0.2, 0.25) is 0 Å². The molecule has 39 heavy (non-hydrogen) atoms. The molecular formula is C29H34BrN3O6. The Morgan fingerprint density at radius 1 is 1.13 bits per heavy atom. The summed E-state index contributed by atoms with van der Waals surface area (Å²) in [5, 5.41) is 15.5. The van der Waals surface area contributed by atoms with Crippen molar-refractivity contribution < 1.29 is 29.0 Å². The molecule has 9 nitrogen and oxygen atoms in total. The van der Waals surface area contributed by atoms with Crippen LogP contribution < -0.4 is 15.4 Å². The van der Waals surface area contributed by atoms with Gasteiger partial charge in [-0.3, -0.25) is 14.4 Å². The van der Waals surface area contributed by atoms with Crippen molar-refractivity contribution in [2.24, 2.45) is 11.8 Å². The molecule has 2 aromatic carbocycles. The van der Waals surface area contributed by atoms with E-state index in [-0.39, 0.29) is 35.7 Å². The van der Waals surface area contributed by atoms with Gasteiger partial charge in [0.2, 0.25) is 17.7 Å². The molecule has 6 atom stereocenters. The predicted octanol–water partition coefficient (Wildman–Crippen LogP) is 3.41. The number of anilines is 2. The lowest BCUT2D eigenvalue weighted by Crippen LogP contribution is -2.54. The molecule has 3 fully saturated rings. The van der Waals surface area contributed by atoms with Crippen molar-refractivity contribution in [1.29, 1.82) is 0 Å². The summed E-state index contributed by atoms with van der Waals surface area (Å²) >= 11 is 3.68. The van der Waals surface area contributed by atoms with Crippen molar-refractivity contribution in [2.45, 2.75) is 56.2 Å². The highest BCUT2D eigenvalue weighted by Crippen LogP contribution is 2.60. The maximum atomic E-state index is 13.9. The zero-order valence-corrected chi connectivity index (χ0v) is 23.9. The number of aryl methyl sites for hydroxylation is 2. The van der Waals surface area contributed by atoms with Crippen molar-refractivity contribution in [3.8, 4) is 5.75 Å². The second-order valence-electron chi connectivity index (χ2n) is 10.5. The standard InChI is InChI=1S/C29H34BrN3O6/c1-4-38-19-11-9-18(10-12-19)31-26(35)21-22-28(37)33(13-6-14-34)25(29(22)15-20(30)24(21)39-29)27(36)32-23-16(2)7-5-8-17(23)3/h5,7-12,20-22,24-25,34H,4,6,13-15H2,1-3H3,(H,31,35)(H,32,36)/t20?,21-,22+,24-,25?,29?/m1/s1. The summed E-state index contributed by atoms with van der Waals surface area (Å²) in [6.07, 6.45) is 0.171. The van der Waals surface area contributed by atoms with Gasteiger partial charge in [-0.25, -0.2) is 0 Å². The minimum Gasteiger partial charge on any atom is -0.494 e. The molecular weight excluding hydrogens is 566 g/mol. The molecule has 3 unspecified atom stereocenters. The van der Waals surface area contributed by atoms with E-state index in [1.54, 1.807) is 24.3 Å². The lowest BCUT2D eigenvalue weighted by Gasteiger charge is -2.34. The van der Waals surface area contributed by atoms with Crippen LogP contribution in [-0.4, -0.2) is 70.1 Å². The number of hydrogen-bond acceptors (Lipinski definition) is 6. The number of amides is 3. The molecule has 3 aliphatic rings. The van der Waals surface area contributed by atoms with E-state index in [1.807, 2.05) is 39.0 Å². The van der Waals surface area contributed by atoms with Gasteiger partial charge in [-0.2, -0.15) is 0 Å². The molecule has 0 radical (unpaired) electrons. The van der Waals surface area contributed by atoms with E-state index in [0.717, 1.165) is 11.1 Å². The summed E-state index contributed by atoms with van der Waals surface area (Å²) < 4.78 is 12.0. The number of likely N-dealkylation sites (tertiary alicyclic amines) is 1. The highest BCUT2D eigenvalue weighted by atomic mass is 79.9. The quantitative estimate of drug-likeness (QED) is 0.380. The van der Waals surface area contributed by atoms with Crippen LogP contribution >= 0.6 is 15.9 Å². The van der Waals surface area contributed by atoms with Gasteiger partial charge in [0, 0.05) is 29.4 Å². The van der Waals surface area contributed by atoms with Gasteiger partial charge in [-0.1, -0.05) is 34.1 Å². The van der Waals surface area contributed by atoms with Gasteiger partial charge < -0.3 is 30.1 Å². The van der Waals surface area contributed by atoms with Crippen LogP contribution in [0.5, 0.6) is 5.75 Å². The second kappa shape index (κ2) is 10.9. The maximum Gasteiger partial charge on any atom is 0.250 e. The van der Waals surface area contributed by atoms with Crippen LogP contribution in [0.25, 0.3) is 0 Å². The maximum absolute atomic E-state index is 13.9. The second-order valence-corrected chi connectivity index (χ2v) is 11.7. The Morgan fingerprint density at radius 2 is 1.82 bits per heavy atom. The molecule has 3 heterocycles. The first-order valence-electron chi connectivity index (χ1n) is 13.4. The van der Waals surface area contributed by atoms with E-state index in [4.69, 9.17) is 9.47 Å². The number of nitrogens with zero attached hydrogens (tertiary/aromatic N) is 1. The molecule has 0 aromatic heterocycles. The molecule has 2 aromatic rings. The number of carbonyl (C=O) groups is 3. The fourth-order valence-electron chi connectivity index (χ4n) is 6.44. The monoisotopic (exact) mass is 599 g/mol. The summed E-state index contributed by atoms with van der Waals surface area (Å²) in [5.74, 6) is -1.87. The summed E-state index contributed by atoms with van der Waals surface area (Å²) in [6.45, 7) is 6.33. The van der Waals surface area contributed by atoms with Crippen molar-refractivity contribution in [1.82, 2.24) is 4.90 Å². The van der Waals surface area contributed by atoms with Gasteiger partial charge in [0.25, 0.3) is 0 Å². The summed E-state index contributed by atoms with van der Waals surface area (Å²) in [5.41, 5.74) is 1.94. The number of aliphatic hydroxyl groups excluding tert-OH is 1. The summed E-state index contributed by atoms with van der Waals surface area (Å²) in [7, 11) is 0. The number of alkyl halides is 1. The van der Waals surface area contributed by atoms with Crippen LogP contribution in [0.4, 0.5) is 11.4 Å². The zero-order valence-electron chi connectivity index (χ0n) is 22.3. The van der Waals surface area contributed by atoms with E-state index in [1.165, 1.54) is 4.90 Å². The topological polar surface area (TPSA) is 117 Å². The Labute approximate surface area is 236 Å². The first-order valence-corrected chi connectivity index (χ1v) is 14.3. The summed E-state index contributed by atoms with van der Waals surface area (Å²) in [4.78, 5) is 42.9. The molecule has 5 rings (SSSR count). The molecule has 0 aliphatic carbocycles. The molecule has 3 saturated heterocycles. The lowest BCUT2D eigenvalue weighted by molar-refractivity contribution is -0.139. The average Bonchev–Trinajstić information content (AvgIpc) is 3.49. The van der Waals surface area contributed by atoms with Crippen molar-refractivity contribution in [3.63, 3.8) is 0 Å². The minimum atomic E-state index is -1.16. The van der Waals surface area contributed by atoms with Crippen molar-refractivity contribution in [3.05, 3.63) is 53.6 Å². The third-order valence-electron chi connectivity index (χ3n) is 8.06. The van der Waals surface area contributed by atoms with Crippen LogP contribution in [0, 0.1) is 25.7 Å². The molecule has 208 valence electrons. The smallest absolute Gasteiger partial charge is 0.250 e. The number of carbonyl (C=O) groups excluding carboxylic acids is 3. The highest BCUT2D eigenvalue weighted by molar-refractivity contribution is 9.09. The van der Waals surface area contributed by atoms with Gasteiger partial charge in [0.1, 0.15) is 17.4 Å². The number of hydrogen-bond donors (Lipinski definition) is 3. The van der Waals surface area contributed by atoms with E-state index < -0.39 is 29.6 Å². The Bertz CT molecular complexity index is 1250. The van der Waals surface area contributed by atoms with Gasteiger partial charge in [-0.15, -0.1) is 0 Å². The van der Waals surface area contributed by atoms with Crippen LogP contribution in [0.1, 0.15) is 30.9 Å². The number of rotatable bonds is 9. The molecule has 3 N–H and O–H groups in total. The first-order chi connectivity index (χ1) is 18.7. The predicted molar refractivity (Wildman–Crippen MR) is 150 cm³/mol. The van der Waals surface area contributed by atoms with Crippen LogP contribution in [-0.2, 0) is 19.1 Å². The molecule has 3 aliphatic heterocycles. The Balaban J connectivity index is 1.46. The molecule has 10 heteroatoms. The number of aliphatic hydroxyl groups is 1. The third-order valence-corrected chi connectivity index (χ3v) is 8.90. The number of nitrogens with one attached hydrogen (secondary N) is 2. The van der Waals surface area contributed by atoms with E-state index in [9.17, 15) is 19.5 Å². The van der Waals surface area contributed by atoms with Gasteiger partial charge in [0.05, 0.1) is 24.5 Å². The largest absolute Gasteiger partial charge is 0.494 e. The molecule has 0 saturated carbocycles. The number of benzene rings is 2. The Morgan fingerprint density at radius 3 is 2.46 bits per heavy atom. The number of ether oxygens (including phenoxy) is 2. The number of halogens is 1. The van der Waals surface area contributed by atoms with Crippen LogP contribution in [0.15, 0.2) is 42.5 Å². The third kappa shape index (κ3) is 4.72. The van der Waals surface area contributed by atoms with Gasteiger partial charge in [0.15, 0.2) is 0 Å². The fourth-order valence-corrected chi connectivity index (χ4v) is 7.38. The van der Waals surface area contributed by atoms with Gasteiger partial charge >= 0.3 is 0 Å². The molecule has 1 spiro atoms. The average molecular weight is 601 g/mol. The fraction of sp³-hybridized carbons (Fsp3) is 0.483. The highest BCUT2D eigenvalue weighted by Gasteiger charge is 2.76. The Kier molecular flexibility index (Phi) is 7.72. The Hall–Kier alpha value is -2.95. The van der Waals surface area contributed by atoms with Crippen molar-refractivity contribution >= 4 is 45.0 Å². The van der Waals surface area contributed by atoms with E-state index in [0.29, 0.717) is 36.6 Å². The number of para-hydroxylation sites is 1. The minimum absolute atomic E-state index is 0.126. The first kappa shape index (κ1) is 27.6. The summed E-state index contributed by atoms with van der Waals surface area (Å²) in [6, 6.07) is 11.9.